The standard InChI is InChI=1S/C17H17N3/c1-11-9-14-13-6-2-3-7-15(13)20-17(14)16(19-11)12-5-4-8-18-10-12/h2-8,10-11,16,19-20H,9H2,1H3. The van der Waals surface area contributed by atoms with Crippen LogP contribution in [0.5, 0.6) is 0 Å². The largest absolute Gasteiger partial charge is 0.357 e. The molecule has 3 aromatic rings. The summed E-state index contributed by atoms with van der Waals surface area (Å²) in [6.07, 6.45) is 4.84. The quantitative estimate of drug-likeness (QED) is 0.708. The number of aromatic nitrogens is 2. The van der Waals surface area contributed by atoms with E-state index >= 15 is 0 Å². The molecule has 0 saturated carbocycles. The highest BCUT2D eigenvalue weighted by Crippen LogP contribution is 2.34. The molecule has 0 aliphatic carbocycles. The summed E-state index contributed by atoms with van der Waals surface area (Å²) in [6.45, 7) is 2.24. The average molecular weight is 263 g/mol. The predicted molar refractivity (Wildman–Crippen MR) is 80.7 cm³/mol. The zero-order valence-corrected chi connectivity index (χ0v) is 11.4. The highest BCUT2D eigenvalue weighted by molar-refractivity contribution is 5.85. The summed E-state index contributed by atoms with van der Waals surface area (Å²) in [5.74, 6) is 0. The lowest BCUT2D eigenvalue weighted by molar-refractivity contribution is 0.459. The van der Waals surface area contributed by atoms with Crippen LogP contribution in [0.2, 0.25) is 0 Å². The number of benzene rings is 1. The van der Waals surface area contributed by atoms with Crippen molar-refractivity contribution >= 4 is 10.9 Å². The van der Waals surface area contributed by atoms with E-state index in [4.69, 9.17) is 0 Å². The van der Waals surface area contributed by atoms with E-state index in [0.29, 0.717) is 6.04 Å². The highest BCUT2D eigenvalue weighted by Gasteiger charge is 2.28. The number of nitrogens with one attached hydrogen (secondary N) is 2. The number of nitrogens with zero attached hydrogens (tertiary/aromatic N) is 1. The first-order chi connectivity index (χ1) is 9.83. The van der Waals surface area contributed by atoms with Gasteiger partial charge >= 0.3 is 0 Å². The first-order valence-corrected chi connectivity index (χ1v) is 7.08. The zero-order valence-electron chi connectivity index (χ0n) is 11.4. The number of hydrogen-bond donors (Lipinski definition) is 2. The van der Waals surface area contributed by atoms with Gasteiger partial charge in [0.25, 0.3) is 0 Å². The Morgan fingerprint density at radius 1 is 1.15 bits per heavy atom. The summed E-state index contributed by atoms with van der Waals surface area (Å²) in [5, 5.41) is 5.03. The molecule has 2 unspecified atom stereocenters. The van der Waals surface area contributed by atoms with Crippen molar-refractivity contribution in [2.45, 2.75) is 25.4 Å². The van der Waals surface area contributed by atoms with E-state index in [2.05, 4.69) is 52.5 Å². The van der Waals surface area contributed by atoms with Gasteiger partial charge in [-0.25, -0.2) is 0 Å². The van der Waals surface area contributed by atoms with Crippen molar-refractivity contribution in [3.8, 4) is 0 Å². The Bertz CT molecular complexity index is 745. The van der Waals surface area contributed by atoms with Crippen molar-refractivity contribution in [2.75, 3.05) is 0 Å². The summed E-state index contributed by atoms with van der Waals surface area (Å²) in [4.78, 5) is 7.85. The normalized spacial score (nSPS) is 21.9. The first kappa shape index (κ1) is 11.7. The van der Waals surface area contributed by atoms with Crippen LogP contribution < -0.4 is 5.32 Å². The van der Waals surface area contributed by atoms with E-state index in [1.54, 1.807) is 0 Å². The van der Waals surface area contributed by atoms with Gasteiger partial charge in [0.2, 0.25) is 0 Å². The van der Waals surface area contributed by atoms with Gasteiger partial charge in [0.05, 0.1) is 6.04 Å². The van der Waals surface area contributed by atoms with E-state index in [0.717, 1.165) is 6.42 Å². The SMILES string of the molecule is CC1Cc2c([nH]c3ccccc23)C(c2cccnc2)N1. The molecular formula is C17H17N3. The molecule has 0 spiro atoms. The van der Waals surface area contributed by atoms with Crippen LogP contribution in [0.3, 0.4) is 0 Å². The van der Waals surface area contributed by atoms with Crippen molar-refractivity contribution in [3.63, 3.8) is 0 Å². The number of H-pyrrole nitrogens is 1. The maximum Gasteiger partial charge on any atom is 0.0749 e. The van der Waals surface area contributed by atoms with E-state index in [1.165, 1.54) is 27.7 Å². The minimum Gasteiger partial charge on any atom is -0.357 e. The van der Waals surface area contributed by atoms with Gasteiger partial charge < -0.3 is 10.3 Å². The third kappa shape index (κ3) is 1.74. The number of fused-ring (bicyclic) bond motifs is 3. The van der Waals surface area contributed by atoms with Gasteiger partial charge in [0, 0.05) is 35.0 Å². The van der Waals surface area contributed by atoms with Gasteiger partial charge in [-0.2, -0.15) is 0 Å². The Kier molecular flexibility index (Phi) is 2.60. The highest BCUT2D eigenvalue weighted by atomic mass is 15.0. The average Bonchev–Trinajstić information content (AvgIpc) is 2.86. The van der Waals surface area contributed by atoms with Crippen LogP contribution in [0, 0.1) is 0 Å². The van der Waals surface area contributed by atoms with E-state index in [9.17, 15) is 0 Å². The third-order valence-electron chi connectivity index (χ3n) is 4.11. The van der Waals surface area contributed by atoms with E-state index < -0.39 is 0 Å². The molecule has 3 nitrogen and oxygen atoms in total. The van der Waals surface area contributed by atoms with Crippen LogP contribution in [0.1, 0.15) is 29.8 Å². The second-order valence-electron chi connectivity index (χ2n) is 5.55. The molecule has 1 aromatic carbocycles. The molecule has 2 N–H and O–H groups in total. The number of hydrogen-bond acceptors (Lipinski definition) is 2. The monoisotopic (exact) mass is 263 g/mol. The molecule has 2 aromatic heterocycles. The minimum absolute atomic E-state index is 0.204. The fourth-order valence-electron chi connectivity index (χ4n) is 3.23. The molecule has 20 heavy (non-hydrogen) atoms. The number of para-hydroxylation sites is 1. The topological polar surface area (TPSA) is 40.7 Å². The molecule has 2 atom stereocenters. The second kappa shape index (κ2) is 4.46. The maximum atomic E-state index is 4.26. The lowest BCUT2D eigenvalue weighted by Gasteiger charge is -2.29. The smallest absolute Gasteiger partial charge is 0.0749 e. The van der Waals surface area contributed by atoms with Gasteiger partial charge in [-0.15, -0.1) is 0 Å². The first-order valence-electron chi connectivity index (χ1n) is 7.08. The van der Waals surface area contributed by atoms with Crippen LogP contribution in [0.15, 0.2) is 48.8 Å². The molecule has 0 fully saturated rings. The zero-order chi connectivity index (χ0) is 13.5. The van der Waals surface area contributed by atoms with Crippen LogP contribution in [-0.2, 0) is 6.42 Å². The molecule has 100 valence electrons. The lowest BCUT2D eigenvalue weighted by atomic mass is 9.91. The van der Waals surface area contributed by atoms with Crippen LogP contribution in [0.4, 0.5) is 0 Å². The minimum atomic E-state index is 0.204. The second-order valence-corrected chi connectivity index (χ2v) is 5.55. The van der Waals surface area contributed by atoms with Crippen LogP contribution >= 0.6 is 0 Å². The lowest BCUT2D eigenvalue weighted by Crippen LogP contribution is -2.37. The Hall–Kier alpha value is -2.13. The van der Waals surface area contributed by atoms with E-state index in [1.807, 2.05) is 18.5 Å². The molecule has 3 heteroatoms. The number of aromatic amines is 1. The Morgan fingerprint density at radius 2 is 2.05 bits per heavy atom. The third-order valence-corrected chi connectivity index (χ3v) is 4.11. The molecule has 0 bridgehead atoms. The predicted octanol–water partition coefficient (Wildman–Crippen LogP) is 3.19. The van der Waals surface area contributed by atoms with Gasteiger partial charge in [0.1, 0.15) is 0 Å². The molecular weight excluding hydrogens is 246 g/mol. The van der Waals surface area contributed by atoms with Crippen LogP contribution in [-0.4, -0.2) is 16.0 Å². The number of pyridine rings is 1. The Labute approximate surface area is 118 Å². The summed E-state index contributed by atoms with van der Waals surface area (Å²) < 4.78 is 0. The van der Waals surface area contributed by atoms with Crippen molar-refractivity contribution in [2.24, 2.45) is 0 Å². The van der Waals surface area contributed by atoms with Gasteiger partial charge in [0.15, 0.2) is 0 Å². The molecule has 0 radical (unpaired) electrons. The van der Waals surface area contributed by atoms with E-state index in [-0.39, 0.29) is 6.04 Å². The van der Waals surface area contributed by atoms with Crippen LogP contribution in [0.25, 0.3) is 10.9 Å². The van der Waals surface area contributed by atoms with Crippen molar-refractivity contribution in [1.82, 2.24) is 15.3 Å². The maximum absolute atomic E-state index is 4.26. The van der Waals surface area contributed by atoms with Crippen molar-refractivity contribution in [3.05, 3.63) is 65.6 Å². The Morgan fingerprint density at radius 3 is 2.90 bits per heavy atom. The summed E-state index contributed by atoms with van der Waals surface area (Å²) in [5.41, 5.74) is 5.17. The molecule has 0 amide bonds. The Balaban J connectivity index is 1.92. The van der Waals surface area contributed by atoms with Gasteiger partial charge in [-0.1, -0.05) is 24.3 Å². The van der Waals surface area contributed by atoms with Crippen molar-refractivity contribution in [1.29, 1.82) is 0 Å². The fourth-order valence-corrected chi connectivity index (χ4v) is 3.23. The molecule has 4 rings (SSSR count). The molecule has 3 heterocycles. The molecule has 1 aliphatic heterocycles. The van der Waals surface area contributed by atoms with Gasteiger partial charge in [-0.3, -0.25) is 4.98 Å². The molecule has 1 aliphatic rings. The summed E-state index contributed by atoms with van der Waals surface area (Å²) >= 11 is 0. The number of rotatable bonds is 1. The van der Waals surface area contributed by atoms with Crippen molar-refractivity contribution < 1.29 is 0 Å². The van der Waals surface area contributed by atoms with Gasteiger partial charge in [-0.05, 0) is 36.6 Å². The molecule has 0 saturated heterocycles. The summed E-state index contributed by atoms with van der Waals surface area (Å²) in [7, 11) is 0. The summed E-state index contributed by atoms with van der Waals surface area (Å²) in [6, 6.07) is 13.4. The fraction of sp³-hybridized carbons (Fsp3) is 0.235.